The molecule has 1 atom stereocenters. The number of piperidine rings is 1. The summed E-state index contributed by atoms with van der Waals surface area (Å²) in [6.45, 7) is 1.10. The standard InChI is InChI=1S/C12H15F2N5/c13-12(14)7-15-2-1-9(12)5-18-11-17-4-8-3-16-6-10(8)19-11/h3-4,9,15H,1-2,5-7H2,(H,17,18,19)/t9-/m1/s1. The molecular weight excluding hydrogens is 252 g/mol. The van der Waals surface area contributed by atoms with Crippen molar-refractivity contribution < 1.29 is 8.78 Å². The van der Waals surface area contributed by atoms with Crippen LogP contribution in [0.2, 0.25) is 0 Å². The lowest BCUT2D eigenvalue weighted by Crippen LogP contribution is -2.48. The average molecular weight is 267 g/mol. The minimum atomic E-state index is -2.68. The van der Waals surface area contributed by atoms with E-state index in [9.17, 15) is 8.78 Å². The molecule has 0 aromatic carbocycles. The van der Waals surface area contributed by atoms with Crippen molar-refractivity contribution in [1.29, 1.82) is 0 Å². The van der Waals surface area contributed by atoms with Crippen molar-refractivity contribution in [3.8, 4) is 0 Å². The summed E-state index contributed by atoms with van der Waals surface area (Å²) in [5.74, 6) is -2.95. The van der Waals surface area contributed by atoms with E-state index in [0.29, 0.717) is 25.5 Å². The van der Waals surface area contributed by atoms with Crippen molar-refractivity contribution in [2.45, 2.75) is 18.9 Å². The molecule has 3 rings (SSSR count). The summed E-state index contributed by atoms with van der Waals surface area (Å²) in [5, 5.41) is 5.63. The lowest BCUT2D eigenvalue weighted by molar-refractivity contribution is -0.0678. The molecule has 0 saturated carbocycles. The zero-order valence-electron chi connectivity index (χ0n) is 10.4. The predicted molar refractivity (Wildman–Crippen MR) is 67.7 cm³/mol. The van der Waals surface area contributed by atoms with Gasteiger partial charge < -0.3 is 10.6 Å². The van der Waals surface area contributed by atoms with Gasteiger partial charge in [0.05, 0.1) is 18.8 Å². The molecule has 7 heteroatoms. The monoisotopic (exact) mass is 267 g/mol. The van der Waals surface area contributed by atoms with Gasteiger partial charge in [0, 0.05) is 30.4 Å². The Bertz CT molecular complexity index is 503. The quantitative estimate of drug-likeness (QED) is 0.860. The molecule has 102 valence electrons. The number of halogens is 2. The summed E-state index contributed by atoms with van der Waals surface area (Å²) >= 11 is 0. The van der Waals surface area contributed by atoms with E-state index in [1.165, 1.54) is 0 Å². The third kappa shape index (κ3) is 2.56. The third-order valence-corrected chi connectivity index (χ3v) is 3.51. The molecule has 0 spiro atoms. The Kier molecular flexibility index (Phi) is 3.14. The molecule has 0 unspecified atom stereocenters. The average Bonchev–Trinajstić information content (AvgIpc) is 2.84. The number of nitrogens with one attached hydrogen (secondary N) is 2. The molecule has 5 nitrogen and oxygen atoms in total. The van der Waals surface area contributed by atoms with Crippen LogP contribution < -0.4 is 10.6 Å². The zero-order valence-corrected chi connectivity index (χ0v) is 10.4. The SMILES string of the molecule is FC1(F)CNCC[C@@H]1CNc1ncc2c(n1)CN=C2. The Morgan fingerprint density at radius 2 is 2.37 bits per heavy atom. The van der Waals surface area contributed by atoms with Crippen LogP contribution in [0.15, 0.2) is 11.2 Å². The summed E-state index contributed by atoms with van der Waals surface area (Å²) in [4.78, 5) is 12.5. The van der Waals surface area contributed by atoms with Gasteiger partial charge in [-0.2, -0.15) is 0 Å². The van der Waals surface area contributed by atoms with Crippen molar-refractivity contribution in [1.82, 2.24) is 15.3 Å². The van der Waals surface area contributed by atoms with E-state index in [1.807, 2.05) is 0 Å². The summed E-state index contributed by atoms with van der Waals surface area (Å²) < 4.78 is 27.3. The number of hydrogen-bond donors (Lipinski definition) is 2. The maximum Gasteiger partial charge on any atom is 0.264 e. The van der Waals surface area contributed by atoms with Crippen molar-refractivity contribution in [2.24, 2.45) is 10.9 Å². The van der Waals surface area contributed by atoms with Crippen molar-refractivity contribution >= 4 is 12.2 Å². The van der Waals surface area contributed by atoms with Gasteiger partial charge in [-0.1, -0.05) is 0 Å². The molecule has 1 saturated heterocycles. The van der Waals surface area contributed by atoms with E-state index in [4.69, 9.17) is 0 Å². The molecule has 1 fully saturated rings. The summed E-state index contributed by atoms with van der Waals surface area (Å²) in [5.41, 5.74) is 1.74. The van der Waals surface area contributed by atoms with Gasteiger partial charge in [0.15, 0.2) is 0 Å². The molecule has 1 aromatic heterocycles. The number of aliphatic imine (C=N–C) groups is 1. The molecule has 2 aliphatic rings. The van der Waals surface area contributed by atoms with Gasteiger partial charge in [-0.15, -0.1) is 0 Å². The minimum absolute atomic E-state index is 0.189. The predicted octanol–water partition coefficient (Wildman–Crippen LogP) is 1.07. The molecule has 2 N–H and O–H groups in total. The van der Waals surface area contributed by atoms with Crippen LogP contribution in [0.1, 0.15) is 17.7 Å². The number of aromatic nitrogens is 2. The summed E-state index contributed by atoms with van der Waals surface area (Å²) in [7, 11) is 0. The lowest BCUT2D eigenvalue weighted by atomic mass is 9.94. The fraction of sp³-hybridized carbons (Fsp3) is 0.583. The Morgan fingerprint density at radius 1 is 1.47 bits per heavy atom. The first-order valence-corrected chi connectivity index (χ1v) is 6.33. The molecule has 0 amide bonds. The maximum absolute atomic E-state index is 13.6. The Morgan fingerprint density at radius 3 is 3.21 bits per heavy atom. The smallest absolute Gasteiger partial charge is 0.264 e. The molecule has 19 heavy (non-hydrogen) atoms. The largest absolute Gasteiger partial charge is 0.354 e. The van der Waals surface area contributed by atoms with Gasteiger partial charge in [0.1, 0.15) is 0 Å². The fourth-order valence-electron chi connectivity index (χ4n) is 2.33. The summed E-state index contributed by atoms with van der Waals surface area (Å²) in [6.07, 6.45) is 3.84. The molecule has 3 heterocycles. The highest BCUT2D eigenvalue weighted by molar-refractivity contribution is 5.83. The van der Waals surface area contributed by atoms with Crippen LogP contribution >= 0.6 is 0 Å². The van der Waals surface area contributed by atoms with Gasteiger partial charge in [-0.05, 0) is 13.0 Å². The van der Waals surface area contributed by atoms with Gasteiger partial charge in [0.2, 0.25) is 5.95 Å². The number of alkyl halides is 2. The highest BCUT2D eigenvalue weighted by atomic mass is 19.3. The normalized spacial score (nSPS) is 24.2. The van der Waals surface area contributed by atoms with E-state index in [0.717, 1.165) is 11.3 Å². The fourth-order valence-corrected chi connectivity index (χ4v) is 2.33. The van der Waals surface area contributed by atoms with Crippen molar-refractivity contribution in [3.63, 3.8) is 0 Å². The molecule has 0 aliphatic carbocycles. The van der Waals surface area contributed by atoms with E-state index in [1.54, 1.807) is 12.4 Å². The number of rotatable bonds is 3. The van der Waals surface area contributed by atoms with Crippen LogP contribution in [0.5, 0.6) is 0 Å². The molecule has 1 aromatic rings. The summed E-state index contributed by atoms with van der Waals surface area (Å²) in [6, 6.07) is 0. The number of anilines is 1. The number of nitrogens with zero attached hydrogens (tertiary/aromatic N) is 3. The van der Waals surface area contributed by atoms with Gasteiger partial charge in [-0.3, -0.25) is 4.99 Å². The Balaban J connectivity index is 1.63. The highest BCUT2D eigenvalue weighted by Crippen LogP contribution is 2.29. The van der Waals surface area contributed by atoms with Crippen LogP contribution in [-0.2, 0) is 6.54 Å². The Hall–Kier alpha value is -1.63. The molecule has 0 radical (unpaired) electrons. The van der Waals surface area contributed by atoms with Crippen LogP contribution in [0, 0.1) is 5.92 Å². The second-order valence-electron chi connectivity index (χ2n) is 4.87. The lowest BCUT2D eigenvalue weighted by Gasteiger charge is -2.31. The van der Waals surface area contributed by atoms with Gasteiger partial charge >= 0.3 is 0 Å². The van der Waals surface area contributed by atoms with Crippen molar-refractivity contribution in [3.05, 3.63) is 17.5 Å². The van der Waals surface area contributed by atoms with Crippen molar-refractivity contribution in [2.75, 3.05) is 25.0 Å². The number of hydrogen-bond acceptors (Lipinski definition) is 5. The van der Waals surface area contributed by atoms with Crippen LogP contribution in [0.3, 0.4) is 0 Å². The van der Waals surface area contributed by atoms with E-state index in [-0.39, 0.29) is 13.1 Å². The van der Waals surface area contributed by atoms with E-state index >= 15 is 0 Å². The van der Waals surface area contributed by atoms with Gasteiger partial charge in [-0.25, -0.2) is 18.7 Å². The molecule has 0 bridgehead atoms. The first-order chi connectivity index (χ1) is 9.15. The second kappa shape index (κ2) is 4.80. The first-order valence-electron chi connectivity index (χ1n) is 6.33. The topological polar surface area (TPSA) is 62.2 Å². The molecule has 2 aliphatic heterocycles. The number of fused-ring (bicyclic) bond motifs is 1. The van der Waals surface area contributed by atoms with Crippen LogP contribution in [0.4, 0.5) is 14.7 Å². The molecular formula is C12H15F2N5. The highest BCUT2D eigenvalue weighted by Gasteiger charge is 2.41. The maximum atomic E-state index is 13.6. The van der Waals surface area contributed by atoms with E-state index in [2.05, 4.69) is 25.6 Å². The van der Waals surface area contributed by atoms with Crippen LogP contribution in [-0.4, -0.2) is 41.7 Å². The Labute approximate surface area is 109 Å². The van der Waals surface area contributed by atoms with Gasteiger partial charge in [0.25, 0.3) is 5.92 Å². The van der Waals surface area contributed by atoms with Crippen LogP contribution in [0.25, 0.3) is 0 Å². The van der Waals surface area contributed by atoms with E-state index < -0.39 is 11.8 Å². The zero-order chi connectivity index (χ0) is 13.3. The first kappa shape index (κ1) is 12.4. The minimum Gasteiger partial charge on any atom is -0.354 e. The third-order valence-electron chi connectivity index (χ3n) is 3.51. The second-order valence-corrected chi connectivity index (χ2v) is 4.87.